The SMILES string of the molecule is O=C(Nc1cc(Cl)ccc1-n1cncn1)c1cc(F)c(Cl)cc1Cl. The first-order valence-electron chi connectivity index (χ1n) is 6.56. The van der Waals surface area contributed by atoms with Crippen molar-refractivity contribution in [2.24, 2.45) is 0 Å². The Balaban J connectivity index is 1.98. The van der Waals surface area contributed by atoms with Gasteiger partial charge in [-0.15, -0.1) is 0 Å². The number of amides is 1. The number of nitrogens with one attached hydrogen (secondary N) is 1. The van der Waals surface area contributed by atoms with Gasteiger partial charge in [-0.3, -0.25) is 4.79 Å². The molecule has 0 aliphatic heterocycles. The van der Waals surface area contributed by atoms with E-state index >= 15 is 0 Å². The maximum atomic E-state index is 13.6. The number of hydrogen-bond donors (Lipinski definition) is 1. The van der Waals surface area contributed by atoms with Crippen LogP contribution >= 0.6 is 34.8 Å². The van der Waals surface area contributed by atoms with Crippen molar-refractivity contribution in [3.05, 3.63) is 69.4 Å². The zero-order chi connectivity index (χ0) is 17.3. The predicted molar refractivity (Wildman–Crippen MR) is 90.7 cm³/mol. The van der Waals surface area contributed by atoms with Crippen molar-refractivity contribution in [2.75, 3.05) is 5.32 Å². The van der Waals surface area contributed by atoms with E-state index in [0.717, 1.165) is 6.07 Å². The van der Waals surface area contributed by atoms with E-state index in [1.165, 1.54) is 29.5 Å². The van der Waals surface area contributed by atoms with Crippen molar-refractivity contribution < 1.29 is 9.18 Å². The largest absolute Gasteiger partial charge is 0.320 e. The fourth-order valence-electron chi connectivity index (χ4n) is 2.03. The molecule has 0 fully saturated rings. The molecule has 0 saturated heterocycles. The summed E-state index contributed by atoms with van der Waals surface area (Å²) in [6, 6.07) is 6.99. The van der Waals surface area contributed by atoms with Gasteiger partial charge in [-0.05, 0) is 30.3 Å². The molecule has 0 saturated carbocycles. The highest BCUT2D eigenvalue weighted by Gasteiger charge is 2.16. The number of carbonyl (C=O) groups excluding carboxylic acids is 1. The molecule has 9 heteroatoms. The minimum absolute atomic E-state index is 0.0308. The summed E-state index contributed by atoms with van der Waals surface area (Å²) >= 11 is 17.6. The first kappa shape index (κ1) is 16.7. The van der Waals surface area contributed by atoms with Gasteiger partial charge in [0.15, 0.2) is 0 Å². The second kappa shape index (κ2) is 6.76. The molecule has 0 aliphatic rings. The van der Waals surface area contributed by atoms with E-state index in [2.05, 4.69) is 15.4 Å². The van der Waals surface area contributed by atoms with Crippen molar-refractivity contribution >= 4 is 46.4 Å². The first-order chi connectivity index (χ1) is 11.5. The van der Waals surface area contributed by atoms with E-state index in [9.17, 15) is 9.18 Å². The van der Waals surface area contributed by atoms with Crippen LogP contribution in [-0.2, 0) is 0 Å². The molecule has 0 atom stereocenters. The molecule has 0 aliphatic carbocycles. The molecule has 0 spiro atoms. The zero-order valence-electron chi connectivity index (χ0n) is 11.8. The molecule has 1 N–H and O–H groups in total. The van der Waals surface area contributed by atoms with Crippen molar-refractivity contribution in [3.63, 3.8) is 0 Å². The van der Waals surface area contributed by atoms with Crippen LogP contribution in [0.2, 0.25) is 15.1 Å². The Bertz CT molecular complexity index is 915. The molecule has 0 unspecified atom stereocenters. The topological polar surface area (TPSA) is 59.8 Å². The van der Waals surface area contributed by atoms with Gasteiger partial charge < -0.3 is 5.32 Å². The summed E-state index contributed by atoms with van der Waals surface area (Å²) in [6.45, 7) is 0. The van der Waals surface area contributed by atoms with Crippen LogP contribution in [0.15, 0.2) is 43.0 Å². The van der Waals surface area contributed by atoms with Gasteiger partial charge in [-0.1, -0.05) is 34.8 Å². The molecule has 24 heavy (non-hydrogen) atoms. The maximum absolute atomic E-state index is 13.6. The van der Waals surface area contributed by atoms with Crippen molar-refractivity contribution in [1.82, 2.24) is 14.8 Å². The summed E-state index contributed by atoms with van der Waals surface area (Å²) in [6.07, 6.45) is 2.82. The minimum Gasteiger partial charge on any atom is -0.320 e. The second-order valence-corrected chi connectivity index (χ2v) is 5.95. The van der Waals surface area contributed by atoms with Gasteiger partial charge >= 0.3 is 0 Å². The Labute approximate surface area is 151 Å². The molecular weight excluding hydrogens is 378 g/mol. The Morgan fingerprint density at radius 2 is 1.92 bits per heavy atom. The summed E-state index contributed by atoms with van der Waals surface area (Å²) in [5.41, 5.74) is 0.850. The van der Waals surface area contributed by atoms with Gasteiger partial charge in [0, 0.05) is 5.02 Å². The first-order valence-corrected chi connectivity index (χ1v) is 7.69. The molecule has 1 amide bonds. The minimum atomic E-state index is -0.742. The van der Waals surface area contributed by atoms with E-state index in [1.54, 1.807) is 12.1 Å². The van der Waals surface area contributed by atoms with E-state index in [1.807, 2.05) is 0 Å². The molecule has 1 heterocycles. The highest BCUT2D eigenvalue weighted by Crippen LogP contribution is 2.28. The number of nitrogens with zero attached hydrogens (tertiary/aromatic N) is 3. The smallest absolute Gasteiger partial charge is 0.257 e. The second-order valence-electron chi connectivity index (χ2n) is 4.70. The molecule has 5 nitrogen and oxygen atoms in total. The molecule has 1 aromatic heterocycles. The number of halogens is 4. The number of rotatable bonds is 3. The highest BCUT2D eigenvalue weighted by atomic mass is 35.5. The number of carbonyl (C=O) groups is 1. The lowest BCUT2D eigenvalue weighted by atomic mass is 10.2. The lowest BCUT2D eigenvalue weighted by molar-refractivity contribution is 0.102. The van der Waals surface area contributed by atoms with Crippen molar-refractivity contribution in [3.8, 4) is 5.69 Å². The summed E-state index contributed by atoms with van der Waals surface area (Å²) < 4.78 is 15.1. The van der Waals surface area contributed by atoms with Gasteiger partial charge in [0.05, 0.1) is 27.0 Å². The number of aromatic nitrogens is 3. The summed E-state index contributed by atoms with van der Waals surface area (Å²) in [5.74, 6) is -1.35. The molecule has 0 bridgehead atoms. The fourth-order valence-corrected chi connectivity index (χ4v) is 2.67. The summed E-state index contributed by atoms with van der Waals surface area (Å²) in [5, 5.41) is 6.92. The third-order valence-corrected chi connectivity index (χ3v) is 3.96. The van der Waals surface area contributed by atoms with Crippen LogP contribution in [0, 0.1) is 5.82 Å². The average molecular weight is 386 g/mol. The third kappa shape index (κ3) is 3.36. The molecule has 3 aromatic rings. The van der Waals surface area contributed by atoms with E-state index in [-0.39, 0.29) is 15.6 Å². The summed E-state index contributed by atoms with van der Waals surface area (Å²) in [4.78, 5) is 16.3. The maximum Gasteiger partial charge on any atom is 0.257 e. The van der Waals surface area contributed by atoms with Gasteiger partial charge in [0.2, 0.25) is 0 Å². The Morgan fingerprint density at radius 3 is 2.62 bits per heavy atom. The van der Waals surface area contributed by atoms with Crippen LogP contribution < -0.4 is 5.32 Å². The van der Waals surface area contributed by atoms with Crippen LogP contribution in [0.1, 0.15) is 10.4 Å². The highest BCUT2D eigenvalue weighted by molar-refractivity contribution is 6.37. The van der Waals surface area contributed by atoms with Crippen LogP contribution in [0.4, 0.5) is 10.1 Å². The van der Waals surface area contributed by atoms with Crippen LogP contribution in [0.25, 0.3) is 5.69 Å². The predicted octanol–water partition coefficient (Wildman–Crippen LogP) is 4.62. The van der Waals surface area contributed by atoms with Crippen molar-refractivity contribution in [2.45, 2.75) is 0 Å². The van der Waals surface area contributed by atoms with Gasteiger partial charge in [-0.25, -0.2) is 14.1 Å². The lowest BCUT2D eigenvalue weighted by Crippen LogP contribution is -2.15. The average Bonchev–Trinajstić information content (AvgIpc) is 3.05. The van der Waals surface area contributed by atoms with E-state index in [0.29, 0.717) is 16.4 Å². The Hall–Kier alpha value is -2.15. The molecule has 3 rings (SSSR count). The summed E-state index contributed by atoms with van der Waals surface area (Å²) in [7, 11) is 0. The molecule has 0 radical (unpaired) electrons. The van der Waals surface area contributed by atoms with Gasteiger partial charge in [-0.2, -0.15) is 5.10 Å². The van der Waals surface area contributed by atoms with Gasteiger partial charge in [0.1, 0.15) is 18.5 Å². The molecule has 122 valence electrons. The lowest BCUT2D eigenvalue weighted by Gasteiger charge is -2.12. The zero-order valence-corrected chi connectivity index (χ0v) is 14.1. The monoisotopic (exact) mass is 384 g/mol. The number of benzene rings is 2. The van der Waals surface area contributed by atoms with Crippen LogP contribution in [0.3, 0.4) is 0 Å². The Morgan fingerprint density at radius 1 is 1.12 bits per heavy atom. The molecule has 2 aromatic carbocycles. The third-order valence-electron chi connectivity index (χ3n) is 3.13. The van der Waals surface area contributed by atoms with Crippen molar-refractivity contribution in [1.29, 1.82) is 0 Å². The van der Waals surface area contributed by atoms with Crippen LogP contribution in [-0.4, -0.2) is 20.7 Å². The normalized spacial score (nSPS) is 10.7. The number of hydrogen-bond acceptors (Lipinski definition) is 3. The Kier molecular flexibility index (Phi) is 4.71. The standard InChI is InChI=1S/C15H8Cl3FN4O/c16-8-1-2-14(23-7-20-6-21-23)13(3-8)22-15(24)9-4-12(19)11(18)5-10(9)17/h1-7H,(H,22,24). The van der Waals surface area contributed by atoms with Gasteiger partial charge in [0.25, 0.3) is 5.91 Å². The quantitative estimate of drug-likeness (QED) is 0.669. The fraction of sp³-hybridized carbons (Fsp3) is 0. The van der Waals surface area contributed by atoms with E-state index in [4.69, 9.17) is 34.8 Å². The number of anilines is 1. The van der Waals surface area contributed by atoms with Crippen LogP contribution in [0.5, 0.6) is 0 Å². The van der Waals surface area contributed by atoms with E-state index < -0.39 is 11.7 Å². The molecular formula is C15H8Cl3FN4O.